The first-order valence-corrected chi connectivity index (χ1v) is 22.6. The molecule has 0 spiro atoms. The Bertz CT molecular complexity index is 2770. The molecule has 2 amide bonds. The van der Waals surface area contributed by atoms with Gasteiger partial charge in [0.25, 0.3) is 5.91 Å². The molecule has 0 aliphatic carbocycles. The minimum absolute atomic E-state index is 0.0580. The molecule has 1 saturated heterocycles. The van der Waals surface area contributed by atoms with Gasteiger partial charge in [0.1, 0.15) is 41.5 Å². The number of nitrogens with zero attached hydrogens (tertiary/aromatic N) is 5. The number of hydrogen-bond acceptors (Lipinski definition) is 12. The van der Waals surface area contributed by atoms with Crippen LogP contribution in [0, 0.1) is 11.7 Å². The van der Waals surface area contributed by atoms with Crippen LogP contribution in [0.5, 0.6) is 17.5 Å². The number of nitrogens with one attached hydrogen (secondary N) is 4. The van der Waals surface area contributed by atoms with Crippen LogP contribution >= 0.6 is 23.2 Å². The summed E-state index contributed by atoms with van der Waals surface area (Å²) in [5.74, 6) is -2.19. The monoisotopic (exact) mass is 955 g/mol. The smallest absolute Gasteiger partial charge is 0.328 e. The number of halogens is 3. The number of rotatable bonds is 16. The quantitative estimate of drug-likeness (QED) is 0.0456. The Morgan fingerprint density at radius 3 is 2.37 bits per heavy atom. The van der Waals surface area contributed by atoms with E-state index in [1.54, 1.807) is 67.0 Å². The molecule has 16 nitrogen and oxygen atoms in total. The van der Waals surface area contributed by atoms with Gasteiger partial charge in [0, 0.05) is 58.7 Å². The van der Waals surface area contributed by atoms with E-state index in [-0.39, 0.29) is 65.3 Å². The number of benzene rings is 3. The molecule has 6 aromatic rings. The first kappa shape index (κ1) is 48.2. The third-order valence-corrected chi connectivity index (χ3v) is 12.0. The van der Waals surface area contributed by atoms with Gasteiger partial charge >= 0.3 is 12.0 Å². The molecule has 4 heterocycles. The van der Waals surface area contributed by atoms with E-state index in [1.807, 2.05) is 32.6 Å². The number of H-pyrrole nitrogens is 1. The van der Waals surface area contributed by atoms with E-state index >= 15 is 4.39 Å². The Morgan fingerprint density at radius 2 is 1.67 bits per heavy atom. The van der Waals surface area contributed by atoms with Crippen molar-refractivity contribution in [2.24, 2.45) is 5.92 Å². The highest BCUT2D eigenvalue weighted by Crippen LogP contribution is 2.39. The molecule has 0 unspecified atom stereocenters. The van der Waals surface area contributed by atoms with Crippen LogP contribution in [-0.2, 0) is 20.9 Å². The highest BCUT2D eigenvalue weighted by atomic mass is 35.5. The lowest BCUT2D eigenvalue weighted by molar-refractivity contribution is -0.148. The maximum Gasteiger partial charge on any atom is 0.328 e. The summed E-state index contributed by atoms with van der Waals surface area (Å²) in [6.45, 7) is 10.2. The Balaban J connectivity index is 0.924. The zero-order chi connectivity index (χ0) is 48.1. The van der Waals surface area contributed by atoms with E-state index in [0.717, 1.165) is 0 Å². The van der Waals surface area contributed by atoms with Crippen molar-refractivity contribution in [2.75, 3.05) is 25.0 Å². The third-order valence-electron chi connectivity index (χ3n) is 11.5. The predicted molar refractivity (Wildman–Crippen MR) is 252 cm³/mol. The Kier molecular flexibility index (Phi) is 15.0. The number of carbonyl (C=O) groups is 3. The van der Waals surface area contributed by atoms with Gasteiger partial charge < -0.3 is 41.0 Å². The normalized spacial score (nSPS) is 14.2. The number of likely N-dealkylation sites (tertiary alicyclic amines) is 1. The number of hydrogen-bond donors (Lipinski definition) is 7. The molecule has 352 valence electrons. The SMILES string of the molecule is CC(C)Nc1cc(-c2c[nH]c(C(=O)N[C@H](COC(=O)[C@@H](C)NC(=O)C3CCN(Cc4ccc(-n5c(O)nnc5-c5cc(C(C)C)c(O)cc5O)cc4F)CC3)c3cccc(Cl)c3)c2)c(Cl)cn1. The summed E-state index contributed by atoms with van der Waals surface area (Å²) < 4.78 is 22.6. The van der Waals surface area contributed by atoms with Gasteiger partial charge in [-0.2, -0.15) is 0 Å². The topological polar surface area (TPSA) is 220 Å². The predicted octanol–water partition coefficient (Wildman–Crippen LogP) is 8.26. The van der Waals surface area contributed by atoms with Gasteiger partial charge in [-0.05, 0) is 106 Å². The van der Waals surface area contributed by atoms with Crippen LogP contribution in [0.3, 0.4) is 0 Å². The van der Waals surface area contributed by atoms with Crippen LogP contribution in [0.1, 0.15) is 86.6 Å². The number of phenolic OH excluding ortho intramolecular Hbond substituents is 2. The molecule has 0 saturated carbocycles. The number of anilines is 1. The summed E-state index contributed by atoms with van der Waals surface area (Å²) in [5, 5.41) is 49.1. The lowest BCUT2D eigenvalue weighted by Gasteiger charge is -2.31. The molecule has 19 heteroatoms. The van der Waals surface area contributed by atoms with Gasteiger partial charge in [-0.15, -0.1) is 5.10 Å². The average molecular weight is 957 g/mol. The van der Waals surface area contributed by atoms with Crippen molar-refractivity contribution < 1.29 is 38.8 Å². The molecular weight excluding hydrogens is 904 g/mol. The molecule has 7 N–H and O–H groups in total. The molecule has 0 radical (unpaired) electrons. The van der Waals surface area contributed by atoms with Crippen LogP contribution in [-0.4, -0.2) is 94.5 Å². The highest BCUT2D eigenvalue weighted by molar-refractivity contribution is 6.33. The Morgan fingerprint density at radius 1 is 0.910 bits per heavy atom. The number of aromatic nitrogens is 5. The standard InChI is InChI=1S/C48H52Cl2FN9O7/c1-25(2)34-18-36(42(62)20-41(34)61)44-57-58-48(66)60(44)33-10-9-30(38(51)17-33)23-59-13-11-28(12-14-59)45(63)55-27(5)47(65)67-24-40(29-7-6-8-32(49)15-29)56-46(64)39-16-31(21-52-39)35-19-43(54-26(3)4)53-22-37(35)50/h6-10,15-22,25-28,40,52,61-62H,11-14,23-24H2,1-5H3,(H,53,54)(H,55,63)(H,56,64)(H,58,66)/t27-,40-/m1/s1. The van der Waals surface area contributed by atoms with Gasteiger partial charge in [-0.25, -0.2) is 18.7 Å². The van der Waals surface area contributed by atoms with E-state index in [4.69, 9.17) is 27.9 Å². The number of aromatic hydroxyl groups is 3. The van der Waals surface area contributed by atoms with E-state index in [1.165, 1.54) is 23.6 Å². The number of aromatic amines is 1. The zero-order valence-electron chi connectivity index (χ0n) is 37.5. The number of amides is 2. The van der Waals surface area contributed by atoms with E-state index in [2.05, 4.69) is 36.1 Å². The number of carbonyl (C=O) groups excluding carboxylic acids is 3. The van der Waals surface area contributed by atoms with Gasteiger partial charge in [0.15, 0.2) is 5.82 Å². The van der Waals surface area contributed by atoms with Gasteiger partial charge in [0.05, 0.1) is 22.3 Å². The summed E-state index contributed by atoms with van der Waals surface area (Å²) in [6, 6.07) is 15.3. The van der Waals surface area contributed by atoms with Crippen LogP contribution < -0.4 is 16.0 Å². The number of pyridine rings is 1. The fourth-order valence-corrected chi connectivity index (χ4v) is 8.31. The fourth-order valence-electron chi connectivity index (χ4n) is 7.90. The van der Waals surface area contributed by atoms with Crippen molar-refractivity contribution in [3.63, 3.8) is 0 Å². The average Bonchev–Trinajstić information content (AvgIpc) is 3.93. The van der Waals surface area contributed by atoms with Crippen molar-refractivity contribution in [1.82, 2.24) is 40.3 Å². The van der Waals surface area contributed by atoms with Crippen molar-refractivity contribution in [1.29, 1.82) is 0 Å². The van der Waals surface area contributed by atoms with Crippen molar-refractivity contribution in [3.05, 3.63) is 117 Å². The molecule has 1 aliphatic rings. The van der Waals surface area contributed by atoms with Gasteiger partial charge in [0.2, 0.25) is 5.91 Å². The van der Waals surface area contributed by atoms with Crippen molar-refractivity contribution in [2.45, 2.75) is 78.0 Å². The Hall–Kier alpha value is -6.69. The molecule has 0 bridgehead atoms. The zero-order valence-corrected chi connectivity index (χ0v) is 39.0. The number of ether oxygens (including phenoxy) is 1. The summed E-state index contributed by atoms with van der Waals surface area (Å²) in [6.07, 6.45) is 4.14. The van der Waals surface area contributed by atoms with Crippen LogP contribution in [0.2, 0.25) is 10.0 Å². The number of phenols is 2. The minimum atomic E-state index is -0.999. The summed E-state index contributed by atoms with van der Waals surface area (Å²) in [4.78, 5) is 49.6. The highest BCUT2D eigenvalue weighted by Gasteiger charge is 2.29. The largest absolute Gasteiger partial charge is 0.508 e. The molecule has 2 atom stereocenters. The molecule has 1 fully saturated rings. The second-order valence-corrected chi connectivity index (χ2v) is 18.0. The molecule has 1 aliphatic heterocycles. The van der Waals surface area contributed by atoms with Crippen LogP contribution in [0.25, 0.3) is 28.2 Å². The van der Waals surface area contributed by atoms with Crippen molar-refractivity contribution in [3.8, 4) is 45.7 Å². The molecule has 3 aromatic heterocycles. The van der Waals surface area contributed by atoms with E-state index in [9.17, 15) is 29.7 Å². The van der Waals surface area contributed by atoms with Crippen LogP contribution in [0.4, 0.5) is 10.2 Å². The second kappa shape index (κ2) is 20.9. The second-order valence-electron chi connectivity index (χ2n) is 17.2. The lowest BCUT2D eigenvalue weighted by Crippen LogP contribution is -2.46. The minimum Gasteiger partial charge on any atom is -0.508 e. The van der Waals surface area contributed by atoms with Crippen LogP contribution in [0.15, 0.2) is 79.1 Å². The third kappa shape index (κ3) is 11.5. The summed E-state index contributed by atoms with van der Waals surface area (Å²) in [5.41, 5.74) is 3.53. The Labute approximate surface area is 396 Å². The molecule has 3 aromatic carbocycles. The van der Waals surface area contributed by atoms with Gasteiger partial charge in [-0.3, -0.25) is 14.5 Å². The molecule has 67 heavy (non-hydrogen) atoms. The maximum atomic E-state index is 15.7. The first-order chi connectivity index (χ1) is 31.9. The summed E-state index contributed by atoms with van der Waals surface area (Å²) in [7, 11) is 0. The fraction of sp³-hybridized carbons (Fsp3) is 0.333. The summed E-state index contributed by atoms with van der Waals surface area (Å²) >= 11 is 12.8. The number of piperidine rings is 1. The maximum absolute atomic E-state index is 15.7. The first-order valence-electron chi connectivity index (χ1n) is 21.8. The van der Waals surface area contributed by atoms with Gasteiger partial charge in [-0.1, -0.05) is 60.3 Å². The van der Waals surface area contributed by atoms with E-state index in [0.29, 0.717) is 69.6 Å². The number of esters is 1. The molecule has 7 rings (SSSR count). The molecular formula is C48H52Cl2FN9O7. The lowest BCUT2D eigenvalue weighted by atomic mass is 9.95. The van der Waals surface area contributed by atoms with E-state index < -0.39 is 41.7 Å². The van der Waals surface area contributed by atoms with Crippen molar-refractivity contribution >= 4 is 46.8 Å².